The summed E-state index contributed by atoms with van der Waals surface area (Å²) in [6, 6.07) is 0. The van der Waals surface area contributed by atoms with Gasteiger partial charge in [0.05, 0.1) is 12.7 Å². The lowest BCUT2D eigenvalue weighted by Crippen LogP contribution is -2.19. The molecule has 0 saturated carbocycles. The van der Waals surface area contributed by atoms with E-state index in [0.717, 1.165) is 6.61 Å². The van der Waals surface area contributed by atoms with Gasteiger partial charge in [-0.15, -0.1) is 0 Å². The highest BCUT2D eigenvalue weighted by Gasteiger charge is 2.11. The van der Waals surface area contributed by atoms with E-state index < -0.39 is 0 Å². The molecule has 0 radical (unpaired) electrons. The minimum atomic E-state index is 0.316. The molecule has 1 unspecified atom stereocenters. The Labute approximate surface area is 76.0 Å². The van der Waals surface area contributed by atoms with Crippen LogP contribution in [-0.4, -0.2) is 26.0 Å². The monoisotopic (exact) mass is 171 g/mol. The van der Waals surface area contributed by atoms with Crippen LogP contribution in [0.15, 0.2) is 4.99 Å². The fraction of sp³-hybridized carbons (Fsp3) is 0.900. The topological polar surface area (TPSA) is 21.6 Å². The zero-order chi connectivity index (χ0) is 9.56. The molecular formula is C10H21NO. The van der Waals surface area contributed by atoms with Crippen molar-refractivity contribution >= 4 is 6.21 Å². The maximum absolute atomic E-state index is 5.53. The van der Waals surface area contributed by atoms with Crippen molar-refractivity contribution in [3.63, 3.8) is 0 Å². The summed E-state index contributed by atoms with van der Waals surface area (Å²) in [5, 5.41) is 0. The van der Waals surface area contributed by atoms with Gasteiger partial charge in [-0.25, -0.2) is 0 Å². The number of ether oxygens (including phenoxy) is 1. The molecule has 2 heteroatoms. The Hall–Kier alpha value is -0.370. The average Bonchev–Trinajstić information content (AvgIpc) is 1.96. The number of hydrogen-bond donors (Lipinski definition) is 0. The standard InChI is InChI=1S/C10H21NO/c1-8(2)10(6-11-5)7-12-9(3)4/h6,8-10H,7H2,1-5H3/b11-6+. The molecule has 0 aliphatic heterocycles. The second kappa shape index (κ2) is 6.18. The predicted octanol–water partition coefficient (Wildman–Crippen LogP) is 2.38. The SMILES string of the molecule is C/N=C/C(COC(C)C)C(C)C. The molecule has 2 nitrogen and oxygen atoms in total. The Morgan fingerprint density at radius 3 is 2.17 bits per heavy atom. The van der Waals surface area contributed by atoms with Crippen LogP contribution >= 0.6 is 0 Å². The molecule has 0 aromatic rings. The highest BCUT2D eigenvalue weighted by atomic mass is 16.5. The van der Waals surface area contributed by atoms with Gasteiger partial charge < -0.3 is 9.73 Å². The molecular weight excluding hydrogens is 150 g/mol. The molecule has 1 atom stereocenters. The first kappa shape index (κ1) is 11.6. The van der Waals surface area contributed by atoms with Gasteiger partial charge >= 0.3 is 0 Å². The highest BCUT2D eigenvalue weighted by molar-refractivity contribution is 5.60. The normalized spacial score (nSPS) is 14.9. The van der Waals surface area contributed by atoms with E-state index in [1.54, 1.807) is 0 Å². The summed E-state index contributed by atoms with van der Waals surface area (Å²) >= 11 is 0. The Balaban J connectivity index is 3.79. The molecule has 0 spiro atoms. The van der Waals surface area contributed by atoms with E-state index in [2.05, 4.69) is 32.7 Å². The van der Waals surface area contributed by atoms with Crippen molar-refractivity contribution in [1.82, 2.24) is 0 Å². The number of nitrogens with zero attached hydrogens (tertiary/aromatic N) is 1. The second-order valence-corrected chi connectivity index (χ2v) is 3.70. The second-order valence-electron chi connectivity index (χ2n) is 3.70. The molecule has 0 fully saturated rings. The molecule has 0 rings (SSSR count). The van der Waals surface area contributed by atoms with Gasteiger partial charge in [-0.3, -0.25) is 0 Å². The lowest BCUT2D eigenvalue weighted by molar-refractivity contribution is 0.0573. The summed E-state index contributed by atoms with van der Waals surface area (Å²) in [5.74, 6) is 1.06. The predicted molar refractivity (Wildman–Crippen MR) is 53.8 cm³/mol. The van der Waals surface area contributed by atoms with Gasteiger partial charge in [-0.1, -0.05) is 13.8 Å². The van der Waals surface area contributed by atoms with Gasteiger partial charge in [-0.2, -0.15) is 0 Å². The lowest BCUT2D eigenvalue weighted by atomic mass is 9.98. The molecule has 0 N–H and O–H groups in total. The van der Waals surface area contributed by atoms with E-state index in [4.69, 9.17) is 4.74 Å². The van der Waals surface area contributed by atoms with E-state index in [9.17, 15) is 0 Å². The van der Waals surface area contributed by atoms with E-state index in [1.807, 2.05) is 13.3 Å². The molecule has 0 aliphatic carbocycles. The van der Waals surface area contributed by atoms with Crippen molar-refractivity contribution in [1.29, 1.82) is 0 Å². The van der Waals surface area contributed by atoms with E-state index in [-0.39, 0.29) is 0 Å². The Morgan fingerprint density at radius 2 is 1.83 bits per heavy atom. The smallest absolute Gasteiger partial charge is 0.0549 e. The quantitative estimate of drug-likeness (QED) is 0.582. The van der Waals surface area contributed by atoms with E-state index in [0.29, 0.717) is 17.9 Å². The largest absolute Gasteiger partial charge is 0.378 e. The minimum Gasteiger partial charge on any atom is -0.378 e. The van der Waals surface area contributed by atoms with Crippen LogP contribution in [0.3, 0.4) is 0 Å². The van der Waals surface area contributed by atoms with Crippen molar-refractivity contribution in [2.45, 2.75) is 33.8 Å². The van der Waals surface area contributed by atoms with Gasteiger partial charge in [0.1, 0.15) is 0 Å². The number of aliphatic imine (C=N–C) groups is 1. The fourth-order valence-electron chi connectivity index (χ4n) is 0.903. The Morgan fingerprint density at radius 1 is 1.25 bits per heavy atom. The molecule has 72 valence electrons. The molecule has 0 aliphatic rings. The number of hydrogen-bond acceptors (Lipinski definition) is 2. The van der Waals surface area contributed by atoms with Crippen molar-refractivity contribution in [3.05, 3.63) is 0 Å². The third kappa shape index (κ3) is 5.30. The maximum atomic E-state index is 5.53. The first-order valence-corrected chi connectivity index (χ1v) is 4.61. The molecule has 0 amide bonds. The van der Waals surface area contributed by atoms with Crippen molar-refractivity contribution in [2.75, 3.05) is 13.7 Å². The van der Waals surface area contributed by atoms with Gasteiger partial charge in [-0.05, 0) is 19.8 Å². The van der Waals surface area contributed by atoms with Crippen LogP contribution in [0.2, 0.25) is 0 Å². The summed E-state index contributed by atoms with van der Waals surface area (Å²) in [5.41, 5.74) is 0. The van der Waals surface area contributed by atoms with Crippen LogP contribution in [-0.2, 0) is 4.74 Å². The zero-order valence-electron chi connectivity index (χ0n) is 8.87. The Kier molecular flexibility index (Phi) is 5.99. The van der Waals surface area contributed by atoms with Crippen LogP contribution < -0.4 is 0 Å². The minimum absolute atomic E-state index is 0.316. The van der Waals surface area contributed by atoms with Gasteiger partial charge in [0.15, 0.2) is 0 Å². The van der Waals surface area contributed by atoms with Crippen LogP contribution in [0.1, 0.15) is 27.7 Å². The summed E-state index contributed by atoms with van der Waals surface area (Å²) in [7, 11) is 1.81. The first-order valence-electron chi connectivity index (χ1n) is 4.61. The maximum Gasteiger partial charge on any atom is 0.0549 e. The van der Waals surface area contributed by atoms with Crippen LogP contribution in [0, 0.1) is 11.8 Å². The lowest BCUT2D eigenvalue weighted by Gasteiger charge is -2.17. The average molecular weight is 171 g/mol. The van der Waals surface area contributed by atoms with Crippen molar-refractivity contribution in [3.8, 4) is 0 Å². The zero-order valence-corrected chi connectivity index (χ0v) is 8.87. The molecule has 0 saturated heterocycles. The Bertz CT molecular complexity index is 130. The summed E-state index contributed by atoms with van der Waals surface area (Å²) in [4.78, 5) is 4.03. The van der Waals surface area contributed by atoms with Crippen molar-refractivity contribution in [2.24, 2.45) is 16.8 Å². The van der Waals surface area contributed by atoms with E-state index in [1.165, 1.54) is 0 Å². The third-order valence-corrected chi connectivity index (χ3v) is 1.82. The van der Waals surface area contributed by atoms with Crippen LogP contribution in [0.5, 0.6) is 0 Å². The van der Waals surface area contributed by atoms with Gasteiger partial charge in [0.2, 0.25) is 0 Å². The van der Waals surface area contributed by atoms with E-state index >= 15 is 0 Å². The molecule has 0 aromatic heterocycles. The van der Waals surface area contributed by atoms with Gasteiger partial charge in [0.25, 0.3) is 0 Å². The van der Waals surface area contributed by atoms with Gasteiger partial charge in [0, 0.05) is 19.2 Å². The third-order valence-electron chi connectivity index (χ3n) is 1.82. The molecule has 0 aromatic carbocycles. The summed E-state index contributed by atoms with van der Waals surface area (Å²) in [6.07, 6.45) is 2.30. The number of rotatable bonds is 5. The first-order chi connectivity index (χ1) is 5.57. The summed E-state index contributed by atoms with van der Waals surface area (Å²) < 4.78 is 5.53. The molecule has 0 heterocycles. The molecule has 0 bridgehead atoms. The van der Waals surface area contributed by atoms with Crippen molar-refractivity contribution < 1.29 is 4.74 Å². The summed E-state index contributed by atoms with van der Waals surface area (Å²) in [6.45, 7) is 9.28. The van der Waals surface area contributed by atoms with Crippen LogP contribution in [0.25, 0.3) is 0 Å². The fourth-order valence-corrected chi connectivity index (χ4v) is 0.903. The highest BCUT2D eigenvalue weighted by Crippen LogP contribution is 2.09. The molecule has 12 heavy (non-hydrogen) atoms. The van der Waals surface area contributed by atoms with Crippen LogP contribution in [0.4, 0.5) is 0 Å².